The molecule has 5 heteroatoms. The molecule has 1 fully saturated rings. The summed E-state index contributed by atoms with van der Waals surface area (Å²) in [4.78, 5) is 2.38. The van der Waals surface area contributed by atoms with Crippen molar-refractivity contribution in [2.45, 2.75) is 31.0 Å². The molecule has 24 heavy (non-hydrogen) atoms. The minimum atomic E-state index is -4.33. The van der Waals surface area contributed by atoms with Crippen molar-refractivity contribution in [3.63, 3.8) is 0 Å². The molecule has 1 saturated heterocycles. The average Bonchev–Trinajstić information content (AvgIpc) is 3.02. The van der Waals surface area contributed by atoms with Crippen molar-refractivity contribution in [1.29, 1.82) is 0 Å². The molecule has 0 N–H and O–H groups in total. The standard InChI is InChI=1S/C19H17ClF3N/c20-16-7-2-6-14-17-8-3-9-24(17)11-15(18(14)16)12-4-1-5-13(10-12)19(21,22)23/h1-2,4-7,10,15,17H,3,8-9,11H2/t15-,17-/m0/s1. The Morgan fingerprint density at radius 2 is 1.88 bits per heavy atom. The third-order valence-corrected chi connectivity index (χ3v) is 5.52. The first-order valence-electron chi connectivity index (χ1n) is 8.14. The number of alkyl halides is 3. The summed E-state index contributed by atoms with van der Waals surface area (Å²) >= 11 is 6.47. The van der Waals surface area contributed by atoms with Crippen molar-refractivity contribution in [1.82, 2.24) is 4.90 Å². The van der Waals surface area contributed by atoms with Gasteiger partial charge in [0.25, 0.3) is 0 Å². The summed E-state index contributed by atoms with van der Waals surface area (Å²) in [5.41, 5.74) is 2.26. The van der Waals surface area contributed by atoms with E-state index in [4.69, 9.17) is 11.6 Å². The first-order valence-corrected chi connectivity index (χ1v) is 8.52. The molecule has 2 aromatic carbocycles. The SMILES string of the molecule is FC(F)(F)c1cccc([C@@H]2CN3CCC[C@H]3c3cccc(Cl)c32)c1. The zero-order valence-corrected chi connectivity index (χ0v) is 13.7. The molecule has 2 aliphatic heterocycles. The monoisotopic (exact) mass is 351 g/mol. The molecule has 0 aromatic heterocycles. The number of nitrogens with zero attached hydrogens (tertiary/aromatic N) is 1. The quantitative estimate of drug-likeness (QED) is 0.642. The third kappa shape index (κ3) is 2.62. The van der Waals surface area contributed by atoms with Crippen LogP contribution in [-0.4, -0.2) is 18.0 Å². The van der Waals surface area contributed by atoms with Crippen LogP contribution in [0.1, 0.15) is 47.1 Å². The van der Waals surface area contributed by atoms with Crippen LogP contribution in [0.2, 0.25) is 5.02 Å². The van der Waals surface area contributed by atoms with E-state index in [1.165, 1.54) is 17.7 Å². The Bertz CT molecular complexity index is 771. The zero-order valence-electron chi connectivity index (χ0n) is 13.0. The molecule has 0 amide bonds. The summed E-state index contributed by atoms with van der Waals surface area (Å²) in [5, 5.41) is 0.654. The maximum absolute atomic E-state index is 13.1. The number of hydrogen-bond acceptors (Lipinski definition) is 1. The number of halogens is 4. The zero-order chi connectivity index (χ0) is 16.9. The molecular formula is C19H17ClF3N. The molecule has 0 unspecified atom stereocenters. The van der Waals surface area contributed by atoms with E-state index in [2.05, 4.69) is 11.0 Å². The van der Waals surface area contributed by atoms with E-state index >= 15 is 0 Å². The smallest absolute Gasteiger partial charge is 0.295 e. The molecule has 126 valence electrons. The van der Waals surface area contributed by atoms with Crippen molar-refractivity contribution in [3.8, 4) is 0 Å². The van der Waals surface area contributed by atoms with Gasteiger partial charge in [0.2, 0.25) is 0 Å². The predicted octanol–water partition coefficient (Wildman–Crippen LogP) is 5.64. The Hall–Kier alpha value is -1.52. The van der Waals surface area contributed by atoms with Gasteiger partial charge in [0, 0.05) is 23.5 Å². The fraction of sp³-hybridized carbons (Fsp3) is 0.368. The normalized spacial score (nSPS) is 23.8. The van der Waals surface area contributed by atoms with Gasteiger partial charge in [-0.05, 0) is 48.2 Å². The van der Waals surface area contributed by atoms with Gasteiger partial charge >= 0.3 is 6.18 Å². The van der Waals surface area contributed by atoms with Gasteiger partial charge in [-0.1, -0.05) is 41.9 Å². The van der Waals surface area contributed by atoms with Crippen molar-refractivity contribution in [2.24, 2.45) is 0 Å². The first kappa shape index (κ1) is 16.0. The van der Waals surface area contributed by atoms with Gasteiger partial charge in [0.05, 0.1) is 5.56 Å². The predicted molar refractivity (Wildman–Crippen MR) is 88.3 cm³/mol. The largest absolute Gasteiger partial charge is 0.416 e. The molecule has 1 nitrogen and oxygen atoms in total. The maximum atomic E-state index is 13.1. The van der Waals surface area contributed by atoms with Crippen LogP contribution in [0, 0.1) is 0 Å². The van der Waals surface area contributed by atoms with E-state index in [-0.39, 0.29) is 5.92 Å². The lowest BCUT2D eigenvalue weighted by Crippen LogP contribution is -2.34. The van der Waals surface area contributed by atoms with Gasteiger partial charge in [0.1, 0.15) is 0 Å². The van der Waals surface area contributed by atoms with Crippen molar-refractivity contribution in [3.05, 3.63) is 69.7 Å². The highest BCUT2D eigenvalue weighted by Crippen LogP contribution is 2.47. The van der Waals surface area contributed by atoms with E-state index in [1.54, 1.807) is 6.07 Å². The van der Waals surface area contributed by atoms with Crippen LogP contribution in [0.5, 0.6) is 0 Å². The van der Waals surface area contributed by atoms with E-state index in [0.717, 1.165) is 37.6 Å². The Labute approximate surface area is 144 Å². The molecule has 2 heterocycles. The van der Waals surface area contributed by atoms with Gasteiger partial charge in [-0.3, -0.25) is 4.90 Å². The summed E-state index contributed by atoms with van der Waals surface area (Å²) in [6.45, 7) is 1.72. The van der Waals surface area contributed by atoms with E-state index in [9.17, 15) is 13.2 Å². The van der Waals surface area contributed by atoms with Crippen LogP contribution in [0.3, 0.4) is 0 Å². The Morgan fingerprint density at radius 3 is 2.67 bits per heavy atom. The molecule has 2 aromatic rings. The van der Waals surface area contributed by atoms with Crippen LogP contribution in [0.15, 0.2) is 42.5 Å². The summed E-state index contributed by atoms with van der Waals surface area (Å²) in [5.74, 6) is -0.120. The Balaban J connectivity index is 1.83. The molecular weight excluding hydrogens is 335 g/mol. The molecule has 0 saturated carbocycles. The van der Waals surface area contributed by atoms with Crippen LogP contribution in [-0.2, 0) is 6.18 Å². The molecule has 0 aliphatic carbocycles. The number of rotatable bonds is 1. The molecule has 2 aliphatic rings. The second-order valence-corrected chi connectivity index (χ2v) is 6.98. The first-order chi connectivity index (χ1) is 11.4. The summed E-state index contributed by atoms with van der Waals surface area (Å²) in [6, 6.07) is 11.9. The molecule has 0 radical (unpaired) electrons. The van der Waals surface area contributed by atoms with E-state index < -0.39 is 11.7 Å². The van der Waals surface area contributed by atoms with Crippen LogP contribution >= 0.6 is 11.6 Å². The lowest BCUT2D eigenvalue weighted by molar-refractivity contribution is -0.137. The lowest BCUT2D eigenvalue weighted by Gasteiger charge is -2.38. The Morgan fingerprint density at radius 1 is 1.08 bits per heavy atom. The fourth-order valence-electron chi connectivity index (χ4n) is 4.14. The highest BCUT2D eigenvalue weighted by atomic mass is 35.5. The number of fused-ring (bicyclic) bond motifs is 3. The van der Waals surface area contributed by atoms with Gasteiger partial charge in [0.15, 0.2) is 0 Å². The highest BCUT2D eigenvalue weighted by molar-refractivity contribution is 6.31. The summed E-state index contributed by atoms with van der Waals surface area (Å²) in [7, 11) is 0. The molecule has 4 rings (SSSR count). The second kappa shape index (κ2) is 5.78. The molecule has 2 atom stereocenters. The van der Waals surface area contributed by atoms with Gasteiger partial charge in [-0.2, -0.15) is 13.2 Å². The van der Waals surface area contributed by atoms with Gasteiger partial charge in [-0.25, -0.2) is 0 Å². The van der Waals surface area contributed by atoms with Crippen molar-refractivity contribution in [2.75, 3.05) is 13.1 Å². The maximum Gasteiger partial charge on any atom is 0.416 e. The van der Waals surface area contributed by atoms with E-state index in [1.807, 2.05) is 12.1 Å². The number of hydrogen-bond donors (Lipinski definition) is 0. The lowest BCUT2D eigenvalue weighted by atomic mass is 9.81. The minimum Gasteiger partial charge on any atom is -0.295 e. The van der Waals surface area contributed by atoms with E-state index in [0.29, 0.717) is 16.6 Å². The fourth-order valence-corrected chi connectivity index (χ4v) is 4.45. The average molecular weight is 352 g/mol. The Kier molecular flexibility index (Phi) is 3.85. The van der Waals surface area contributed by atoms with Gasteiger partial charge < -0.3 is 0 Å². The van der Waals surface area contributed by atoms with Crippen LogP contribution in [0.25, 0.3) is 0 Å². The second-order valence-electron chi connectivity index (χ2n) is 6.57. The summed E-state index contributed by atoms with van der Waals surface area (Å²) in [6.07, 6.45) is -2.13. The highest BCUT2D eigenvalue weighted by Gasteiger charge is 2.38. The molecule has 0 spiro atoms. The number of benzene rings is 2. The third-order valence-electron chi connectivity index (χ3n) is 5.19. The van der Waals surface area contributed by atoms with Crippen LogP contribution in [0.4, 0.5) is 13.2 Å². The molecule has 0 bridgehead atoms. The van der Waals surface area contributed by atoms with Crippen LogP contribution < -0.4 is 0 Å². The van der Waals surface area contributed by atoms with Gasteiger partial charge in [-0.15, -0.1) is 0 Å². The van der Waals surface area contributed by atoms with Crippen molar-refractivity contribution < 1.29 is 13.2 Å². The summed E-state index contributed by atoms with van der Waals surface area (Å²) < 4.78 is 39.3. The van der Waals surface area contributed by atoms with Crippen molar-refractivity contribution >= 4 is 11.6 Å². The minimum absolute atomic E-state index is 0.120. The topological polar surface area (TPSA) is 3.24 Å².